The number of para-hydroxylation sites is 1. The first kappa shape index (κ1) is 24.8. The maximum absolute atomic E-state index is 3.67. The summed E-state index contributed by atoms with van der Waals surface area (Å²) in [5.74, 6) is 0. The van der Waals surface area contributed by atoms with Crippen LogP contribution in [0, 0.1) is 27.7 Å². The van der Waals surface area contributed by atoms with E-state index in [9.17, 15) is 0 Å². The molecule has 2 aromatic heterocycles. The first-order valence-electron chi connectivity index (χ1n) is 13.9. The van der Waals surface area contributed by atoms with Gasteiger partial charge in [0, 0.05) is 33.4 Å². The molecule has 0 spiro atoms. The molecule has 0 radical (unpaired) electrons. The molecule has 0 unspecified atom stereocenters. The van der Waals surface area contributed by atoms with Crippen LogP contribution in [0.4, 0.5) is 0 Å². The summed E-state index contributed by atoms with van der Waals surface area (Å²) in [6.45, 7) is 23.2. The maximum Gasteiger partial charge on any atom is 0.0540 e. The van der Waals surface area contributed by atoms with Crippen LogP contribution in [0.25, 0.3) is 49.0 Å². The SMILES string of the molecule is Cc1[nH]c2cc3c(C(C)(C)C)c4cc5c(C)c(C)n(-c6ccccc6)c5cc4c(C(C)(C)C)c3cc2c1C. The molecule has 0 aliphatic rings. The fraction of sp³-hybridized carbons (Fsp3) is 0.333. The van der Waals surface area contributed by atoms with E-state index in [1.165, 1.54) is 82.7 Å². The van der Waals surface area contributed by atoms with Crippen molar-refractivity contribution in [3.63, 3.8) is 0 Å². The summed E-state index contributed by atoms with van der Waals surface area (Å²) in [7, 11) is 0. The van der Waals surface area contributed by atoms with Crippen molar-refractivity contribution < 1.29 is 0 Å². The van der Waals surface area contributed by atoms with E-state index in [2.05, 4.69) is 133 Å². The topological polar surface area (TPSA) is 20.7 Å². The Labute approximate surface area is 226 Å². The zero-order valence-corrected chi connectivity index (χ0v) is 24.6. The summed E-state index contributed by atoms with van der Waals surface area (Å²) in [6, 6.07) is 20.7. The molecular formula is C36H40N2. The van der Waals surface area contributed by atoms with Gasteiger partial charge in [-0.1, -0.05) is 59.7 Å². The van der Waals surface area contributed by atoms with Crippen LogP contribution in [-0.4, -0.2) is 9.55 Å². The van der Waals surface area contributed by atoms with Crippen molar-refractivity contribution in [3.8, 4) is 5.69 Å². The van der Waals surface area contributed by atoms with Gasteiger partial charge >= 0.3 is 0 Å². The van der Waals surface area contributed by atoms with Crippen LogP contribution in [0.3, 0.4) is 0 Å². The minimum Gasteiger partial charge on any atom is -0.358 e. The highest BCUT2D eigenvalue weighted by molar-refractivity contribution is 6.14. The quantitative estimate of drug-likeness (QED) is 0.217. The molecule has 2 nitrogen and oxygen atoms in total. The van der Waals surface area contributed by atoms with Gasteiger partial charge in [0.05, 0.1) is 5.52 Å². The van der Waals surface area contributed by atoms with E-state index >= 15 is 0 Å². The Hall–Kier alpha value is -3.52. The molecule has 0 saturated carbocycles. The fourth-order valence-corrected chi connectivity index (χ4v) is 6.77. The fourth-order valence-electron chi connectivity index (χ4n) is 6.77. The molecule has 0 atom stereocenters. The third kappa shape index (κ3) is 3.46. The molecule has 0 aliphatic carbocycles. The highest BCUT2D eigenvalue weighted by Crippen LogP contribution is 2.47. The lowest BCUT2D eigenvalue weighted by Gasteiger charge is -2.30. The van der Waals surface area contributed by atoms with Crippen LogP contribution in [0.5, 0.6) is 0 Å². The van der Waals surface area contributed by atoms with Crippen LogP contribution >= 0.6 is 0 Å². The average molecular weight is 501 g/mol. The number of aromatic amines is 1. The van der Waals surface area contributed by atoms with E-state index in [1.54, 1.807) is 0 Å². The Morgan fingerprint density at radius 2 is 1.11 bits per heavy atom. The summed E-state index contributed by atoms with van der Waals surface area (Å²) >= 11 is 0. The zero-order chi connectivity index (χ0) is 27.3. The number of hydrogen-bond donors (Lipinski definition) is 1. The summed E-state index contributed by atoms with van der Waals surface area (Å²) in [5, 5.41) is 8.20. The maximum atomic E-state index is 3.67. The van der Waals surface area contributed by atoms with Gasteiger partial charge in [0.15, 0.2) is 0 Å². The highest BCUT2D eigenvalue weighted by Gasteiger charge is 2.29. The lowest BCUT2D eigenvalue weighted by Crippen LogP contribution is -2.17. The summed E-state index contributed by atoms with van der Waals surface area (Å²) in [4.78, 5) is 3.67. The van der Waals surface area contributed by atoms with Crippen molar-refractivity contribution in [2.75, 3.05) is 0 Å². The van der Waals surface area contributed by atoms with Gasteiger partial charge in [-0.15, -0.1) is 0 Å². The largest absolute Gasteiger partial charge is 0.358 e. The van der Waals surface area contributed by atoms with Gasteiger partial charge in [0.2, 0.25) is 0 Å². The van der Waals surface area contributed by atoms with Crippen molar-refractivity contribution in [1.82, 2.24) is 9.55 Å². The predicted molar refractivity (Wildman–Crippen MR) is 166 cm³/mol. The molecule has 6 aromatic rings. The molecule has 4 aromatic carbocycles. The van der Waals surface area contributed by atoms with Crippen molar-refractivity contribution in [3.05, 3.63) is 88.2 Å². The molecule has 6 rings (SSSR count). The van der Waals surface area contributed by atoms with Crippen LogP contribution in [0.15, 0.2) is 54.6 Å². The Balaban J connectivity index is 1.91. The van der Waals surface area contributed by atoms with Crippen LogP contribution in [0.2, 0.25) is 0 Å². The lowest BCUT2D eigenvalue weighted by atomic mass is 9.73. The molecule has 0 amide bonds. The number of rotatable bonds is 1. The molecule has 2 heterocycles. The number of fused-ring (bicyclic) bond motifs is 4. The molecule has 0 saturated heterocycles. The minimum atomic E-state index is -0.0260. The molecule has 1 N–H and O–H groups in total. The molecular weight excluding hydrogens is 460 g/mol. The van der Waals surface area contributed by atoms with Crippen molar-refractivity contribution in [1.29, 1.82) is 0 Å². The second-order valence-electron chi connectivity index (χ2n) is 13.4. The molecule has 194 valence electrons. The van der Waals surface area contributed by atoms with Crippen LogP contribution in [-0.2, 0) is 10.8 Å². The minimum absolute atomic E-state index is 0.0180. The highest BCUT2D eigenvalue weighted by atomic mass is 15.0. The van der Waals surface area contributed by atoms with E-state index in [4.69, 9.17) is 0 Å². The van der Waals surface area contributed by atoms with Gasteiger partial charge in [-0.3, -0.25) is 0 Å². The van der Waals surface area contributed by atoms with Gasteiger partial charge in [0.25, 0.3) is 0 Å². The van der Waals surface area contributed by atoms with Crippen LogP contribution < -0.4 is 0 Å². The Bertz CT molecular complexity index is 1900. The van der Waals surface area contributed by atoms with Crippen LogP contribution in [0.1, 0.15) is 75.2 Å². The summed E-state index contributed by atoms with van der Waals surface area (Å²) in [5.41, 5.74) is 11.8. The third-order valence-electron chi connectivity index (χ3n) is 8.70. The van der Waals surface area contributed by atoms with E-state index in [-0.39, 0.29) is 10.8 Å². The average Bonchev–Trinajstić information content (AvgIpc) is 3.25. The van der Waals surface area contributed by atoms with E-state index in [0.717, 1.165) is 0 Å². The van der Waals surface area contributed by atoms with Gasteiger partial charge < -0.3 is 9.55 Å². The molecule has 2 heteroatoms. The van der Waals surface area contributed by atoms with Crippen molar-refractivity contribution >= 4 is 43.4 Å². The Morgan fingerprint density at radius 1 is 0.579 bits per heavy atom. The summed E-state index contributed by atoms with van der Waals surface area (Å²) in [6.07, 6.45) is 0. The Morgan fingerprint density at radius 3 is 1.68 bits per heavy atom. The molecule has 0 bridgehead atoms. The smallest absolute Gasteiger partial charge is 0.0540 e. The lowest BCUT2D eigenvalue weighted by molar-refractivity contribution is 0.593. The van der Waals surface area contributed by atoms with E-state index in [1.807, 2.05) is 0 Å². The number of benzene rings is 4. The number of H-pyrrole nitrogens is 1. The first-order chi connectivity index (χ1) is 17.8. The molecule has 0 fully saturated rings. The monoisotopic (exact) mass is 500 g/mol. The van der Waals surface area contributed by atoms with E-state index in [0.29, 0.717) is 0 Å². The number of nitrogens with zero attached hydrogens (tertiary/aromatic N) is 1. The number of hydrogen-bond acceptors (Lipinski definition) is 0. The van der Waals surface area contributed by atoms with Gasteiger partial charge in [0.1, 0.15) is 0 Å². The molecule has 0 aliphatic heterocycles. The zero-order valence-electron chi connectivity index (χ0n) is 24.6. The summed E-state index contributed by atoms with van der Waals surface area (Å²) < 4.78 is 2.44. The number of aryl methyl sites for hydroxylation is 3. The first-order valence-corrected chi connectivity index (χ1v) is 13.9. The standard InChI is InChI=1S/C36H40N2/c1-20-22(3)37-31-18-29-27(16-25(20)31)34(36(8,9)10)30-19-32-26(17-28(30)33(29)35(5,6)7)21(2)23(4)38(32)24-14-12-11-13-15-24/h11-19,37H,1-10H3. The Kier molecular flexibility index (Phi) is 5.21. The van der Waals surface area contributed by atoms with Crippen molar-refractivity contribution in [2.24, 2.45) is 0 Å². The van der Waals surface area contributed by atoms with E-state index < -0.39 is 0 Å². The second kappa shape index (κ2) is 7.99. The molecule has 38 heavy (non-hydrogen) atoms. The normalized spacial score (nSPS) is 13.0. The van der Waals surface area contributed by atoms with Gasteiger partial charge in [-0.2, -0.15) is 0 Å². The second-order valence-corrected chi connectivity index (χ2v) is 13.4. The third-order valence-corrected chi connectivity index (χ3v) is 8.70. The predicted octanol–water partition coefficient (Wildman–Crippen LogP) is 10.2. The van der Waals surface area contributed by atoms with Gasteiger partial charge in [-0.25, -0.2) is 0 Å². The van der Waals surface area contributed by atoms with Crippen molar-refractivity contribution in [2.45, 2.75) is 80.1 Å². The number of aromatic nitrogens is 2. The van der Waals surface area contributed by atoms with Gasteiger partial charge in [-0.05, 0) is 119 Å². The number of nitrogens with one attached hydrogen (secondary N) is 1.